The van der Waals surface area contributed by atoms with Crippen LogP contribution in [0.25, 0.3) is 0 Å². The molecule has 4 nitrogen and oxygen atoms in total. The van der Waals surface area contributed by atoms with Gasteiger partial charge in [0.1, 0.15) is 12.0 Å². The maximum absolute atomic E-state index is 4.74. The Morgan fingerprint density at radius 2 is 2.40 bits per heavy atom. The monoisotopic (exact) mass is 223 g/mol. The fourth-order valence-electron chi connectivity index (χ4n) is 1.25. The molecule has 2 aromatic rings. The topological polar surface area (TPSA) is 51.0 Å². The summed E-state index contributed by atoms with van der Waals surface area (Å²) in [6.07, 6.45) is 3.75. The number of nitrogens with one attached hydrogen (secondary N) is 1. The Morgan fingerprint density at radius 1 is 1.47 bits per heavy atom. The van der Waals surface area contributed by atoms with E-state index in [0.29, 0.717) is 6.54 Å². The summed E-state index contributed by atoms with van der Waals surface area (Å²) in [6, 6.07) is 1.84. The standard InChI is InChI=1S/C10H13N3OS/c1-2-3-9-7-15-10(12-9)11-6-8-4-5-14-13-8/h4-5,7H,2-3,6H2,1H3,(H,11,12). The number of thiazole rings is 1. The van der Waals surface area contributed by atoms with Crippen LogP contribution in [0.2, 0.25) is 0 Å². The summed E-state index contributed by atoms with van der Waals surface area (Å²) in [5.41, 5.74) is 2.05. The molecular formula is C10H13N3OS. The highest BCUT2D eigenvalue weighted by Crippen LogP contribution is 2.17. The first-order chi connectivity index (χ1) is 7.38. The van der Waals surface area contributed by atoms with Gasteiger partial charge in [0.05, 0.1) is 12.2 Å². The van der Waals surface area contributed by atoms with Gasteiger partial charge in [0.25, 0.3) is 0 Å². The van der Waals surface area contributed by atoms with E-state index in [1.165, 1.54) is 0 Å². The Morgan fingerprint density at radius 3 is 3.13 bits per heavy atom. The van der Waals surface area contributed by atoms with Crippen LogP contribution in [0, 0.1) is 0 Å². The van der Waals surface area contributed by atoms with E-state index < -0.39 is 0 Å². The average molecular weight is 223 g/mol. The third-order valence-electron chi connectivity index (χ3n) is 1.97. The lowest BCUT2D eigenvalue weighted by molar-refractivity contribution is 0.412. The molecule has 0 aliphatic carbocycles. The van der Waals surface area contributed by atoms with Gasteiger partial charge < -0.3 is 9.84 Å². The zero-order valence-electron chi connectivity index (χ0n) is 8.56. The van der Waals surface area contributed by atoms with Crippen molar-refractivity contribution in [2.75, 3.05) is 5.32 Å². The number of rotatable bonds is 5. The van der Waals surface area contributed by atoms with E-state index in [2.05, 4.69) is 27.8 Å². The van der Waals surface area contributed by atoms with Gasteiger partial charge >= 0.3 is 0 Å². The zero-order chi connectivity index (χ0) is 10.5. The predicted molar refractivity (Wildman–Crippen MR) is 59.9 cm³/mol. The van der Waals surface area contributed by atoms with Gasteiger partial charge in [0, 0.05) is 11.4 Å². The largest absolute Gasteiger partial charge is 0.364 e. The smallest absolute Gasteiger partial charge is 0.183 e. The maximum Gasteiger partial charge on any atom is 0.183 e. The minimum Gasteiger partial charge on any atom is -0.364 e. The molecule has 0 aliphatic heterocycles. The third kappa shape index (κ3) is 2.79. The first kappa shape index (κ1) is 10.2. The number of anilines is 1. The van der Waals surface area contributed by atoms with E-state index >= 15 is 0 Å². The summed E-state index contributed by atoms with van der Waals surface area (Å²) >= 11 is 1.63. The second-order valence-electron chi connectivity index (χ2n) is 3.24. The molecule has 2 rings (SSSR count). The second kappa shape index (κ2) is 4.93. The highest BCUT2D eigenvalue weighted by atomic mass is 32.1. The number of aryl methyl sites for hydroxylation is 1. The summed E-state index contributed by atoms with van der Waals surface area (Å²) < 4.78 is 4.74. The molecule has 0 aliphatic rings. The molecule has 5 heteroatoms. The van der Waals surface area contributed by atoms with Gasteiger partial charge in [-0.3, -0.25) is 0 Å². The SMILES string of the molecule is CCCc1csc(NCc2ccon2)n1. The summed E-state index contributed by atoms with van der Waals surface area (Å²) in [5, 5.41) is 10.1. The van der Waals surface area contributed by atoms with Crippen LogP contribution in [0.3, 0.4) is 0 Å². The minimum absolute atomic E-state index is 0.662. The van der Waals surface area contributed by atoms with Crippen LogP contribution >= 0.6 is 11.3 Å². The summed E-state index contributed by atoms with van der Waals surface area (Å²) in [4.78, 5) is 4.45. The molecule has 0 bridgehead atoms. The predicted octanol–water partition coefficient (Wildman–Crippen LogP) is 2.70. The molecule has 0 unspecified atom stereocenters. The molecule has 0 saturated carbocycles. The van der Waals surface area contributed by atoms with Gasteiger partial charge in [-0.2, -0.15) is 0 Å². The van der Waals surface area contributed by atoms with Gasteiger partial charge in [-0.1, -0.05) is 18.5 Å². The number of aromatic nitrogens is 2. The molecule has 80 valence electrons. The number of hydrogen-bond acceptors (Lipinski definition) is 5. The van der Waals surface area contributed by atoms with Crippen LogP contribution in [0.1, 0.15) is 24.7 Å². The van der Waals surface area contributed by atoms with E-state index in [1.54, 1.807) is 17.6 Å². The molecule has 1 N–H and O–H groups in total. The van der Waals surface area contributed by atoms with Crippen molar-refractivity contribution in [2.24, 2.45) is 0 Å². The fourth-order valence-corrected chi connectivity index (χ4v) is 2.00. The Kier molecular flexibility index (Phi) is 3.34. The van der Waals surface area contributed by atoms with Crippen molar-refractivity contribution >= 4 is 16.5 Å². The van der Waals surface area contributed by atoms with Crippen LogP contribution in [-0.4, -0.2) is 10.1 Å². The Bertz CT molecular complexity index is 396. The van der Waals surface area contributed by atoms with E-state index in [0.717, 1.165) is 29.4 Å². The molecule has 2 heterocycles. The van der Waals surface area contributed by atoms with Crippen molar-refractivity contribution in [2.45, 2.75) is 26.3 Å². The maximum atomic E-state index is 4.74. The summed E-state index contributed by atoms with van der Waals surface area (Å²) in [7, 11) is 0. The number of nitrogens with zero attached hydrogens (tertiary/aromatic N) is 2. The minimum atomic E-state index is 0.662. The van der Waals surface area contributed by atoms with Crippen molar-refractivity contribution in [1.82, 2.24) is 10.1 Å². The van der Waals surface area contributed by atoms with Crippen molar-refractivity contribution in [3.63, 3.8) is 0 Å². The molecule has 15 heavy (non-hydrogen) atoms. The van der Waals surface area contributed by atoms with Crippen LogP contribution < -0.4 is 5.32 Å². The lowest BCUT2D eigenvalue weighted by Crippen LogP contribution is -1.99. The van der Waals surface area contributed by atoms with E-state index in [9.17, 15) is 0 Å². The van der Waals surface area contributed by atoms with Crippen LogP contribution in [0.15, 0.2) is 22.2 Å². The Hall–Kier alpha value is -1.36. The molecule has 0 fully saturated rings. The Labute approximate surface area is 92.3 Å². The molecular weight excluding hydrogens is 210 g/mol. The quantitative estimate of drug-likeness (QED) is 0.846. The van der Waals surface area contributed by atoms with Crippen molar-refractivity contribution in [3.8, 4) is 0 Å². The zero-order valence-corrected chi connectivity index (χ0v) is 9.38. The second-order valence-corrected chi connectivity index (χ2v) is 4.10. The van der Waals surface area contributed by atoms with Gasteiger partial charge in [-0.25, -0.2) is 4.98 Å². The summed E-state index contributed by atoms with van der Waals surface area (Å²) in [5.74, 6) is 0. The van der Waals surface area contributed by atoms with Gasteiger partial charge in [-0.05, 0) is 6.42 Å². The molecule has 2 aromatic heterocycles. The van der Waals surface area contributed by atoms with Crippen LogP contribution in [-0.2, 0) is 13.0 Å². The van der Waals surface area contributed by atoms with Crippen LogP contribution in [0.4, 0.5) is 5.13 Å². The highest BCUT2D eigenvalue weighted by Gasteiger charge is 2.01. The van der Waals surface area contributed by atoms with Gasteiger partial charge in [-0.15, -0.1) is 11.3 Å². The Balaban J connectivity index is 1.88. The van der Waals surface area contributed by atoms with Crippen molar-refractivity contribution in [3.05, 3.63) is 29.1 Å². The van der Waals surface area contributed by atoms with Crippen molar-refractivity contribution < 1.29 is 4.52 Å². The van der Waals surface area contributed by atoms with E-state index in [1.807, 2.05) is 6.07 Å². The number of hydrogen-bond donors (Lipinski definition) is 1. The lowest BCUT2D eigenvalue weighted by atomic mass is 10.3. The highest BCUT2D eigenvalue weighted by molar-refractivity contribution is 7.13. The normalized spacial score (nSPS) is 10.5. The third-order valence-corrected chi connectivity index (χ3v) is 2.82. The van der Waals surface area contributed by atoms with Crippen molar-refractivity contribution in [1.29, 1.82) is 0 Å². The van der Waals surface area contributed by atoms with E-state index in [4.69, 9.17) is 4.52 Å². The summed E-state index contributed by atoms with van der Waals surface area (Å²) in [6.45, 7) is 2.82. The fraction of sp³-hybridized carbons (Fsp3) is 0.400. The average Bonchev–Trinajstić information content (AvgIpc) is 2.85. The van der Waals surface area contributed by atoms with Gasteiger partial charge in [0.15, 0.2) is 5.13 Å². The van der Waals surface area contributed by atoms with Gasteiger partial charge in [0.2, 0.25) is 0 Å². The van der Waals surface area contributed by atoms with E-state index in [-0.39, 0.29) is 0 Å². The van der Waals surface area contributed by atoms with Crippen LogP contribution in [0.5, 0.6) is 0 Å². The first-order valence-electron chi connectivity index (χ1n) is 4.96. The lowest BCUT2D eigenvalue weighted by Gasteiger charge is -1.97. The molecule has 0 aromatic carbocycles. The molecule has 0 saturated heterocycles. The molecule has 0 spiro atoms. The molecule has 0 amide bonds. The molecule has 0 radical (unpaired) electrons. The first-order valence-corrected chi connectivity index (χ1v) is 5.84. The molecule has 0 atom stereocenters.